The van der Waals surface area contributed by atoms with Crippen molar-refractivity contribution >= 4 is 11.9 Å². The van der Waals surface area contributed by atoms with Gasteiger partial charge < -0.3 is 14.8 Å². The Morgan fingerprint density at radius 3 is 2.29 bits per heavy atom. The number of amides is 1. The Labute approximate surface area is 143 Å². The van der Waals surface area contributed by atoms with E-state index >= 15 is 0 Å². The largest absolute Gasteiger partial charge is 0.470 e. The average molecular weight is 333 g/mol. The fraction of sp³-hybridized carbons (Fsp3) is 0.579. The molecule has 0 spiro atoms. The molecule has 0 aromatic heterocycles. The predicted molar refractivity (Wildman–Crippen MR) is 91.8 cm³/mol. The predicted octanol–water partition coefficient (Wildman–Crippen LogP) is 3.67. The maximum atomic E-state index is 12.0. The highest BCUT2D eigenvalue weighted by Gasteiger charge is 2.54. The Morgan fingerprint density at radius 1 is 1.21 bits per heavy atom. The van der Waals surface area contributed by atoms with E-state index in [9.17, 15) is 9.59 Å². The zero-order valence-corrected chi connectivity index (χ0v) is 15.1. The average Bonchev–Trinajstić information content (AvgIpc) is 2.51. The lowest BCUT2D eigenvalue weighted by Gasteiger charge is -2.47. The van der Waals surface area contributed by atoms with Crippen molar-refractivity contribution < 1.29 is 19.1 Å². The SMILES string of the molecule is CCC[C@]1(CC)C(=O)N[C@H]1Oc1ccc(C(=O)OC(C)(C)C)cc1. The summed E-state index contributed by atoms with van der Waals surface area (Å²) in [6.45, 7) is 9.57. The standard InChI is InChI=1S/C19H27NO4/c1-6-12-19(7-2)16(22)20-17(19)23-14-10-8-13(9-11-14)15(21)24-18(3,4)5/h8-11,17H,6-7,12H2,1-5H3,(H,20,22)/t17-,19+/m0/s1. The van der Waals surface area contributed by atoms with Crippen molar-refractivity contribution in [2.45, 2.75) is 65.7 Å². The molecule has 0 bridgehead atoms. The highest BCUT2D eigenvalue weighted by molar-refractivity contribution is 5.90. The Kier molecular flexibility index (Phi) is 5.21. The monoisotopic (exact) mass is 333 g/mol. The van der Waals surface area contributed by atoms with E-state index in [1.54, 1.807) is 24.3 Å². The number of β-lactam (4-membered cyclic amide) rings is 1. The summed E-state index contributed by atoms with van der Waals surface area (Å²) in [5.74, 6) is 0.323. The van der Waals surface area contributed by atoms with E-state index in [1.165, 1.54) is 0 Å². The van der Waals surface area contributed by atoms with Gasteiger partial charge in [-0.05, 0) is 57.9 Å². The molecule has 1 aromatic rings. The van der Waals surface area contributed by atoms with Crippen molar-refractivity contribution in [2.24, 2.45) is 5.41 Å². The van der Waals surface area contributed by atoms with Crippen LogP contribution in [0.15, 0.2) is 24.3 Å². The number of rotatable bonds is 6. The summed E-state index contributed by atoms with van der Waals surface area (Å²) < 4.78 is 11.3. The first-order valence-electron chi connectivity index (χ1n) is 8.53. The zero-order valence-electron chi connectivity index (χ0n) is 15.1. The Morgan fingerprint density at radius 2 is 1.83 bits per heavy atom. The van der Waals surface area contributed by atoms with Gasteiger partial charge in [0.2, 0.25) is 5.91 Å². The van der Waals surface area contributed by atoms with Crippen molar-refractivity contribution in [3.05, 3.63) is 29.8 Å². The second-order valence-electron chi connectivity index (χ2n) is 7.26. The summed E-state index contributed by atoms with van der Waals surface area (Å²) in [6.07, 6.45) is 2.16. The minimum atomic E-state index is -0.524. The van der Waals surface area contributed by atoms with Crippen LogP contribution in [-0.2, 0) is 9.53 Å². The second kappa shape index (κ2) is 6.83. The minimum Gasteiger partial charge on any atom is -0.470 e. The van der Waals surface area contributed by atoms with Crippen molar-refractivity contribution in [1.29, 1.82) is 0 Å². The molecule has 1 fully saturated rings. The number of nitrogens with one attached hydrogen (secondary N) is 1. The fourth-order valence-corrected chi connectivity index (χ4v) is 2.94. The number of hydrogen-bond acceptors (Lipinski definition) is 4. The van der Waals surface area contributed by atoms with Gasteiger partial charge in [-0.25, -0.2) is 4.79 Å². The third kappa shape index (κ3) is 3.71. The number of carbonyl (C=O) groups excluding carboxylic acids is 2. The Hall–Kier alpha value is -2.04. The molecule has 1 heterocycles. The summed E-state index contributed by atoms with van der Waals surface area (Å²) in [4.78, 5) is 24.0. The lowest BCUT2D eigenvalue weighted by atomic mass is 9.72. The molecule has 132 valence electrons. The van der Waals surface area contributed by atoms with Crippen LogP contribution in [-0.4, -0.2) is 23.7 Å². The molecule has 1 saturated heterocycles. The number of carbonyl (C=O) groups is 2. The first kappa shape index (κ1) is 18.3. The fourth-order valence-electron chi connectivity index (χ4n) is 2.94. The van der Waals surface area contributed by atoms with E-state index in [1.807, 2.05) is 27.7 Å². The van der Waals surface area contributed by atoms with Gasteiger partial charge in [-0.3, -0.25) is 4.79 Å². The van der Waals surface area contributed by atoms with E-state index < -0.39 is 11.0 Å². The molecule has 1 aromatic carbocycles. The molecule has 0 radical (unpaired) electrons. The molecular formula is C19H27NO4. The summed E-state index contributed by atoms with van der Waals surface area (Å²) >= 11 is 0. The minimum absolute atomic E-state index is 0.0576. The molecule has 0 saturated carbocycles. The topological polar surface area (TPSA) is 64.6 Å². The van der Waals surface area contributed by atoms with E-state index in [2.05, 4.69) is 12.2 Å². The van der Waals surface area contributed by atoms with E-state index in [-0.39, 0.29) is 18.1 Å². The smallest absolute Gasteiger partial charge is 0.338 e. The third-order valence-corrected chi connectivity index (χ3v) is 4.29. The van der Waals surface area contributed by atoms with Crippen LogP contribution in [0.1, 0.15) is 64.2 Å². The number of hydrogen-bond donors (Lipinski definition) is 1. The van der Waals surface area contributed by atoms with Gasteiger partial charge >= 0.3 is 5.97 Å². The van der Waals surface area contributed by atoms with Crippen LogP contribution in [0.2, 0.25) is 0 Å². The summed E-state index contributed by atoms with van der Waals surface area (Å²) in [6, 6.07) is 6.82. The van der Waals surface area contributed by atoms with Gasteiger partial charge in [0.25, 0.3) is 0 Å². The van der Waals surface area contributed by atoms with E-state index in [0.717, 1.165) is 19.3 Å². The van der Waals surface area contributed by atoms with Gasteiger partial charge in [0.15, 0.2) is 6.23 Å². The Balaban J connectivity index is 2.04. The molecule has 2 atom stereocenters. The molecule has 1 aliphatic rings. The molecule has 1 amide bonds. The van der Waals surface area contributed by atoms with Gasteiger partial charge in [0.05, 0.1) is 5.56 Å². The quantitative estimate of drug-likeness (QED) is 0.637. The Bertz CT molecular complexity index is 603. The lowest BCUT2D eigenvalue weighted by molar-refractivity contribution is -0.162. The molecule has 5 nitrogen and oxygen atoms in total. The van der Waals surface area contributed by atoms with Crippen LogP contribution in [0.25, 0.3) is 0 Å². The van der Waals surface area contributed by atoms with E-state index in [4.69, 9.17) is 9.47 Å². The molecule has 2 rings (SSSR count). The molecule has 5 heteroatoms. The van der Waals surface area contributed by atoms with Gasteiger partial charge in [-0.1, -0.05) is 20.3 Å². The summed E-state index contributed by atoms with van der Waals surface area (Å²) in [7, 11) is 0. The van der Waals surface area contributed by atoms with Crippen LogP contribution in [0.3, 0.4) is 0 Å². The van der Waals surface area contributed by atoms with Crippen LogP contribution in [0, 0.1) is 5.41 Å². The second-order valence-corrected chi connectivity index (χ2v) is 7.26. The molecular weight excluding hydrogens is 306 g/mol. The first-order valence-corrected chi connectivity index (χ1v) is 8.53. The van der Waals surface area contributed by atoms with Crippen molar-refractivity contribution in [1.82, 2.24) is 5.32 Å². The molecule has 1 aliphatic heterocycles. The normalized spacial score (nSPS) is 23.2. The lowest BCUT2D eigenvalue weighted by Crippen LogP contribution is -2.69. The highest BCUT2D eigenvalue weighted by Crippen LogP contribution is 2.40. The van der Waals surface area contributed by atoms with Crippen molar-refractivity contribution in [3.8, 4) is 5.75 Å². The number of ether oxygens (including phenoxy) is 2. The van der Waals surface area contributed by atoms with Gasteiger partial charge in [-0.15, -0.1) is 0 Å². The number of benzene rings is 1. The van der Waals surface area contributed by atoms with Crippen LogP contribution < -0.4 is 10.1 Å². The van der Waals surface area contributed by atoms with Crippen LogP contribution >= 0.6 is 0 Å². The zero-order chi connectivity index (χ0) is 18.0. The van der Waals surface area contributed by atoms with Gasteiger partial charge in [0.1, 0.15) is 16.8 Å². The van der Waals surface area contributed by atoms with Crippen LogP contribution in [0.4, 0.5) is 0 Å². The van der Waals surface area contributed by atoms with Gasteiger partial charge in [-0.2, -0.15) is 0 Å². The summed E-state index contributed by atoms with van der Waals surface area (Å²) in [5.41, 5.74) is -0.493. The molecule has 24 heavy (non-hydrogen) atoms. The van der Waals surface area contributed by atoms with Crippen molar-refractivity contribution in [2.75, 3.05) is 0 Å². The van der Waals surface area contributed by atoms with E-state index in [0.29, 0.717) is 11.3 Å². The third-order valence-electron chi connectivity index (χ3n) is 4.29. The maximum absolute atomic E-state index is 12.0. The van der Waals surface area contributed by atoms with Crippen LogP contribution in [0.5, 0.6) is 5.75 Å². The molecule has 0 aliphatic carbocycles. The number of esters is 1. The first-order chi connectivity index (χ1) is 11.2. The molecule has 0 unspecified atom stereocenters. The van der Waals surface area contributed by atoms with Crippen molar-refractivity contribution in [3.63, 3.8) is 0 Å². The van der Waals surface area contributed by atoms with Gasteiger partial charge in [0, 0.05) is 0 Å². The summed E-state index contributed by atoms with van der Waals surface area (Å²) in [5, 5.41) is 2.83. The highest BCUT2D eigenvalue weighted by atomic mass is 16.6. The molecule has 1 N–H and O–H groups in total. The maximum Gasteiger partial charge on any atom is 0.338 e.